The van der Waals surface area contributed by atoms with Gasteiger partial charge in [-0.2, -0.15) is 0 Å². The zero-order valence-corrected chi connectivity index (χ0v) is 16.4. The number of H-pyrrole nitrogens is 1. The summed E-state index contributed by atoms with van der Waals surface area (Å²) in [6.45, 7) is 8.43. The molecule has 2 aromatic rings. The van der Waals surface area contributed by atoms with Gasteiger partial charge in [0.1, 0.15) is 11.4 Å². The van der Waals surface area contributed by atoms with Gasteiger partial charge in [-0.1, -0.05) is 39.8 Å². The van der Waals surface area contributed by atoms with Crippen LogP contribution in [0.3, 0.4) is 0 Å². The quantitative estimate of drug-likeness (QED) is 0.573. The second kappa shape index (κ2) is 8.40. The van der Waals surface area contributed by atoms with Crippen LogP contribution in [0.5, 0.6) is 0 Å². The summed E-state index contributed by atoms with van der Waals surface area (Å²) in [6, 6.07) is 7.98. The summed E-state index contributed by atoms with van der Waals surface area (Å²) in [5, 5.41) is 0. The maximum Gasteiger partial charge on any atom is 0.329 e. The molecule has 0 bridgehead atoms. The Morgan fingerprint density at radius 1 is 1.15 bits per heavy atom. The lowest BCUT2D eigenvalue weighted by Crippen LogP contribution is -2.37. The normalized spacial score (nSPS) is 11.3. The second-order valence-corrected chi connectivity index (χ2v) is 8.01. The van der Waals surface area contributed by atoms with Gasteiger partial charge >= 0.3 is 5.69 Å². The fourth-order valence-corrected chi connectivity index (χ4v) is 3.34. The van der Waals surface area contributed by atoms with E-state index in [9.17, 15) is 14.4 Å². The summed E-state index contributed by atoms with van der Waals surface area (Å²) >= 11 is 1.34. The van der Waals surface area contributed by atoms with Gasteiger partial charge in [0.25, 0.3) is 5.56 Å². The molecule has 0 spiro atoms. The Kier molecular flexibility index (Phi) is 6.47. The molecule has 0 fully saturated rings. The highest BCUT2D eigenvalue weighted by molar-refractivity contribution is 8.00. The van der Waals surface area contributed by atoms with Crippen molar-refractivity contribution in [2.75, 3.05) is 11.5 Å². The van der Waals surface area contributed by atoms with Gasteiger partial charge in [0.05, 0.1) is 5.75 Å². The van der Waals surface area contributed by atoms with Crippen LogP contribution >= 0.6 is 11.8 Å². The number of carbonyl (C=O) groups excluding carboxylic acids is 1. The summed E-state index contributed by atoms with van der Waals surface area (Å²) < 4.78 is 1.25. The minimum atomic E-state index is -0.728. The van der Waals surface area contributed by atoms with Crippen molar-refractivity contribution in [3.63, 3.8) is 0 Å². The molecule has 0 saturated carbocycles. The number of hydrogen-bond acceptors (Lipinski definition) is 5. The first-order chi connectivity index (χ1) is 12.2. The van der Waals surface area contributed by atoms with Crippen molar-refractivity contribution in [3.05, 3.63) is 56.2 Å². The standard InChI is InChI=1S/C19H25N3O3S/c1-11(2)9-22-17(20)16(18(24)21-19(22)25)15(23)10-26-14-7-5-13(6-8-14)12(3)4/h5-8,11-12H,9-10,20H2,1-4H3,(H,21,24,25). The number of ketones is 1. The highest BCUT2D eigenvalue weighted by atomic mass is 32.2. The maximum atomic E-state index is 12.5. The van der Waals surface area contributed by atoms with Crippen molar-refractivity contribution >= 4 is 23.4 Å². The molecular formula is C19H25N3O3S. The van der Waals surface area contributed by atoms with Crippen LogP contribution < -0.4 is 17.0 Å². The van der Waals surface area contributed by atoms with Crippen LogP contribution in [-0.2, 0) is 6.54 Å². The average molecular weight is 375 g/mol. The Morgan fingerprint density at radius 3 is 2.31 bits per heavy atom. The van der Waals surface area contributed by atoms with Gasteiger partial charge in [-0.3, -0.25) is 19.1 Å². The third-order valence-corrected chi connectivity index (χ3v) is 4.99. The number of aromatic amines is 1. The Hall–Kier alpha value is -2.28. The fourth-order valence-electron chi connectivity index (χ4n) is 2.57. The van der Waals surface area contributed by atoms with E-state index in [1.54, 1.807) is 0 Å². The molecule has 0 atom stereocenters. The van der Waals surface area contributed by atoms with E-state index >= 15 is 0 Å². The zero-order chi connectivity index (χ0) is 19.4. The number of nitrogens with zero attached hydrogens (tertiary/aromatic N) is 1. The first-order valence-electron chi connectivity index (χ1n) is 8.59. The van der Waals surface area contributed by atoms with Crippen LogP contribution in [0.1, 0.15) is 49.5 Å². The lowest BCUT2D eigenvalue weighted by atomic mass is 10.0. The van der Waals surface area contributed by atoms with E-state index in [0.29, 0.717) is 12.5 Å². The van der Waals surface area contributed by atoms with E-state index in [-0.39, 0.29) is 28.8 Å². The number of benzene rings is 1. The molecular weight excluding hydrogens is 350 g/mol. The molecule has 0 aliphatic rings. The van der Waals surface area contributed by atoms with Crippen LogP contribution in [0.15, 0.2) is 38.8 Å². The van der Waals surface area contributed by atoms with Crippen molar-refractivity contribution in [1.29, 1.82) is 0 Å². The van der Waals surface area contributed by atoms with E-state index < -0.39 is 11.2 Å². The van der Waals surface area contributed by atoms with Crippen molar-refractivity contribution in [2.45, 2.75) is 45.1 Å². The largest absolute Gasteiger partial charge is 0.384 e. The van der Waals surface area contributed by atoms with E-state index in [0.717, 1.165) is 4.90 Å². The van der Waals surface area contributed by atoms with Crippen molar-refractivity contribution in [2.24, 2.45) is 5.92 Å². The second-order valence-electron chi connectivity index (χ2n) is 6.96. The Bertz CT molecular complexity index is 896. The number of Topliss-reactive ketones (excluding diaryl/α,β-unsaturated/α-hetero) is 1. The molecule has 0 unspecified atom stereocenters. The van der Waals surface area contributed by atoms with Crippen molar-refractivity contribution < 1.29 is 4.79 Å². The molecule has 140 valence electrons. The number of nitrogen functional groups attached to an aromatic ring is 1. The highest BCUT2D eigenvalue weighted by Gasteiger charge is 2.19. The molecule has 2 rings (SSSR count). The predicted octanol–water partition coefficient (Wildman–Crippen LogP) is 2.87. The van der Waals surface area contributed by atoms with Crippen LogP contribution in [0.4, 0.5) is 5.82 Å². The molecule has 6 nitrogen and oxygen atoms in total. The smallest absolute Gasteiger partial charge is 0.329 e. The molecule has 0 aliphatic heterocycles. The predicted molar refractivity (Wildman–Crippen MR) is 106 cm³/mol. The number of thioether (sulfide) groups is 1. The summed E-state index contributed by atoms with van der Waals surface area (Å²) in [6.07, 6.45) is 0. The van der Waals surface area contributed by atoms with E-state index in [1.807, 2.05) is 38.1 Å². The number of anilines is 1. The summed E-state index contributed by atoms with van der Waals surface area (Å²) in [5.41, 5.74) is 5.73. The number of nitrogens with two attached hydrogens (primary N) is 1. The number of carbonyl (C=O) groups is 1. The van der Waals surface area contributed by atoms with Gasteiger partial charge in [-0.25, -0.2) is 4.79 Å². The highest BCUT2D eigenvalue weighted by Crippen LogP contribution is 2.23. The van der Waals surface area contributed by atoms with Crippen LogP contribution in [-0.4, -0.2) is 21.1 Å². The third kappa shape index (κ3) is 4.66. The molecule has 1 aromatic carbocycles. The molecule has 0 aliphatic carbocycles. The third-order valence-electron chi connectivity index (χ3n) is 3.98. The van der Waals surface area contributed by atoms with Crippen LogP contribution in [0.25, 0.3) is 0 Å². The molecule has 1 aromatic heterocycles. The Labute approximate surface area is 156 Å². The van der Waals surface area contributed by atoms with Gasteiger partial charge < -0.3 is 5.73 Å². The molecule has 7 heteroatoms. The van der Waals surface area contributed by atoms with E-state index in [1.165, 1.54) is 21.9 Å². The number of rotatable bonds is 7. The van der Waals surface area contributed by atoms with E-state index in [2.05, 4.69) is 18.8 Å². The first-order valence-corrected chi connectivity index (χ1v) is 9.57. The van der Waals surface area contributed by atoms with Crippen molar-refractivity contribution in [3.8, 4) is 0 Å². The summed E-state index contributed by atoms with van der Waals surface area (Å²) in [5.74, 6) is 0.218. The lowest BCUT2D eigenvalue weighted by molar-refractivity contribution is 0.102. The number of aromatic nitrogens is 2. The van der Waals surface area contributed by atoms with Crippen molar-refractivity contribution in [1.82, 2.24) is 9.55 Å². The zero-order valence-electron chi connectivity index (χ0n) is 15.5. The molecule has 0 saturated heterocycles. The van der Waals surface area contributed by atoms with Gasteiger partial charge in [-0.05, 0) is 29.5 Å². The minimum Gasteiger partial charge on any atom is -0.384 e. The van der Waals surface area contributed by atoms with Gasteiger partial charge in [0.15, 0.2) is 5.78 Å². The average Bonchev–Trinajstić information content (AvgIpc) is 2.56. The van der Waals surface area contributed by atoms with Gasteiger partial charge in [-0.15, -0.1) is 11.8 Å². The summed E-state index contributed by atoms with van der Waals surface area (Å²) in [4.78, 5) is 39.7. The van der Waals surface area contributed by atoms with Gasteiger partial charge in [0.2, 0.25) is 0 Å². The summed E-state index contributed by atoms with van der Waals surface area (Å²) in [7, 11) is 0. The SMILES string of the molecule is CC(C)Cn1c(N)c(C(=O)CSc2ccc(C(C)C)cc2)c(=O)[nH]c1=O. The Balaban J connectivity index is 2.21. The van der Waals surface area contributed by atoms with Crippen LogP contribution in [0, 0.1) is 5.92 Å². The molecule has 0 amide bonds. The maximum absolute atomic E-state index is 12.5. The monoisotopic (exact) mass is 375 g/mol. The fraction of sp³-hybridized carbons (Fsp3) is 0.421. The van der Waals surface area contributed by atoms with Crippen LogP contribution in [0.2, 0.25) is 0 Å². The molecule has 26 heavy (non-hydrogen) atoms. The Morgan fingerprint density at radius 2 is 1.77 bits per heavy atom. The minimum absolute atomic E-state index is 0.0618. The number of nitrogens with one attached hydrogen (secondary N) is 1. The topological polar surface area (TPSA) is 97.9 Å². The molecule has 1 heterocycles. The molecule has 3 N–H and O–H groups in total. The van der Waals surface area contributed by atoms with E-state index in [4.69, 9.17) is 5.73 Å². The van der Waals surface area contributed by atoms with Gasteiger partial charge in [0, 0.05) is 11.4 Å². The number of hydrogen-bond donors (Lipinski definition) is 2. The lowest BCUT2D eigenvalue weighted by Gasteiger charge is -2.13. The molecule has 0 radical (unpaired) electrons. The first kappa shape index (κ1) is 20.0.